The highest BCUT2D eigenvalue weighted by atomic mass is 35.5. The number of nitrogens with one attached hydrogen (secondary N) is 1. The normalized spacial score (nSPS) is 14.9. The van der Waals surface area contributed by atoms with Crippen molar-refractivity contribution in [2.24, 2.45) is 0 Å². The molecule has 0 spiro atoms. The summed E-state index contributed by atoms with van der Waals surface area (Å²) in [5.41, 5.74) is 2.04. The molecule has 0 aromatic heterocycles. The zero-order chi connectivity index (χ0) is 13.0. The summed E-state index contributed by atoms with van der Waals surface area (Å²) in [6, 6.07) is 5.87. The Morgan fingerprint density at radius 1 is 1.39 bits per heavy atom. The standard InChI is InChI=1S/C14H19ClN2O/c1-11-4-5-12(10-13(11)15)16-7-6-14(18)17-8-2-3-9-17/h4-5,10,16H,2-3,6-9H2,1H3. The van der Waals surface area contributed by atoms with Crippen LogP contribution in [0.2, 0.25) is 5.02 Å². The van der Waals surface area contributed by atoms with E-state index < -0.39 is 0 Å². The Morgan fingerprint density at radius 2 is 2.11 bits per heavy atom. The molecule has 1 fully saturated rings. The Labute approximate surface area is 113 Å². The van der Waals surface area contributed by atoms with Crippen LogP contribution in [-0.4, -0.2) is 30.4 Å². The van der Waals surface area contributed by atoms with E-state index in [1.165, 1.54) is 0 Å². The number of hydrogen-bond acceptors (Lipinski definition) is 2. The zero-order valence-electron chi connectivity index (χ0n) is 10.7. The molecule has 4 heteroatoms. The molecule has 0 radical (unpaired) electrons. The first kappa shape index (κ1) is 13.2. The number of carbonyl (C=O) groups is 1. The lowest BCUT2D eigenvalue weighted by molar-refractivity contribution is -0.129. The molecule has 1 saturated heterocycles. The summed E-state index contributed by atoms with van der Waals surface area (Å²) in [6.45, 7) is 4.49. The highest BCUT2D eigenvalue weighted by Crippen LogP contribution is 2.19. The third-order valence-corrected chi connectivity index (χ3v) is 3.71. The van der Waals surface area contributed by atoms with E-state index in [4.69, 9.17) is 11.6 Å². The highest BCUT2D eigenvalue weighted by molar-refractivity contribution is 6.31. The van der Waals surface area contributed by atoms with Crippen molar-refractivity contribution in [2.45, 2.75) is 26.2 Å². The van der Waals surface area contributed by atoms with Crippen LogP contribution in [0.1, 0.15) is 24.8 Å². The molecule has 18 heavy (non-hydrogen) atoms. The van der Waals surface area contributed by atoms with E-state index in [2.05, 4.69) is 5.32 Å². The first-order valence-electron chi connectivity index (χ1n) is 6.44. The van der Waals surface area contributed by atoms with Crippen molar-refractivity contribution >= 4 is 23.2 Å². The van der Waals surface area contributed by atoms with Crippen molar-refractivity contribution in [1.82, 2.24) is 4.90 Å². The van der Waals surface area contributed by atoms with Gasteiger partial charge in [-0.25, -0.2) is 0 Å². The Kier molecular flexibility index (Phi) is 4.48. The molecule has 98 valence electrons. The quantitative estimate of drug-likeness (QED) is 0.908. The fourth-order valence-electron chi connectivity index (χ4n) is 2.14. The lowest BCUT2D eigenvalue weighted by Gasteiger charge is -2.15. The first-order chi connectivity index (χ1) is 8.66. The fraction of sp³-hybridized carbons (Fsp3) is 0.500. The molecule has 1 aliphatic heterocycles. The molecule has 1 amide bonds. The Hall–Kier alpha value is -1.22. The van der Waals surface area contributed by atoms with Crippen molar-refractivity contribution < 1.29 is 4.79 Å². The number of benzene rings is 1. The van der Waals surface area contributed by atoms with Gasteiger partial charge in [-0.05, 0) is 37.5 Å². The number of hydrogen-bond donors (Lipinski definition) is 1. The summed E-state index contributed by atoms with van der Waals surface area (Å²) in [5, 5.41) is 3.99. The SMILES string of the molecule is Cc1ccc(NCCC(=O)N2CCCC2)cc1Cl. The zero-order valence-corrected chi connectivity index (χ0v) is 11.5. The van der Waals surface area contributed by atoms with Gasteiger partial charge in [0.15, 0.2) is 0 Å². The monoisotopic (exact) mass is 266 g/mol. The largest absolute Gasteiger partial charge is 0.384 e. The molecule has 0 aliphatic carbocycles. The minimum atomic E-state index is 0.248. The maximum atomic E-state index is 11.8. The highest BCUT2D eigenvalue weighted by Gasteiger charge is 2.16. The third kappa shape index (κ3) is 3.39. The minimum absolute atomic E-state index is 0.248. The predicted molar refractivity (Wildman–Crippen MR) is 75.1 cm³/mol. The van der Waals surface area contributed by atoms with Crippen LogP contribution < -0.4 is 5.32 Å². The second-order valence-electron chi connectivity index (χ2n) is 4.73. The molecule has 2 rings (SSSR count). The number of rotatable bonds is 4. The lowest BCUT2D eigenvalue weighted by atomic mass is 10.2. The molecule has 1 aromatic rings. The number of anilines is 1. The minimum Gasteiger partial charge on any atom is -0.384 e. The number of carbonyl (C=O) groups excluding carboxylic acids is 1. The van der Waals surface area contributed by atoms with Crippen molar-refractivity contribution in [3.8, 4) is 0 Å². The number of amides is 1. The predicted octanol–water partition coefficient (Wildman–Crippen LogP) is 3.07. The second kappa shape index (κ2) is 6.10. The lowest BCUT2D eigenvalue weighted by Crippen LogP contribution is -2.29. The number of likely N-dealkylation sites (tertiary alicyclic amines) is 1. The van der Waals surface area contributed by atoms with Gasteiger partial charge in [0, 0.05) is 36.8 Å². The van der Waals surface area contributed by atoms with Crippen LogP contribution in [0.25, 0.3) is 0 Å². The number of nitrogens with zero attached hydrogens (tertiary/aromatic N) is 1. The Morgan fingerprint density at radius 3 is 2.78 bits per heavy atom. The topological polar surface area (TPSA) is 32.3 Å². The van der Waals surface area contributed by atoms with Gasteiger partial charge >= 0.3 is 0 Å². The molecule has 1 aliphatic rings. The maximum Gasteiger partial charge on any atom is 0.224 e. The maximum absolute atomic E-state index is 11.8. The van der Waals surface area contributed by atoms with Crippen molar-refractivity contribution in [2.75, 3.05) is 25.0 Å². The molecule has 0 bridgehead atoms. The van der Waals surface area contributed by atoms with Gasteiger partial charge < -0.3 is 10.2 Å². The van der Waals surface area contributed by atoms with Gasteiger partial charge in [-0.3, -0.25) is 4.79 Å². The fourth-order valence-corrected chi connectivity index (χ4v) is 2.32. The molecule has 0 saturated carbocycles. The third-order valence-electron chi connectivity index (χ3n) is 3.30. The van der Waals surface area contributed by atoms with E-state index >= 15 is 0 Å². The number of halogens is 1. The molecular weight excluding hydrogens is 248 g/mol. The molecule has 0 atom stereocenters. The Balaban J connectivity index is 1.77. The summed E-state index contributed by atoms with van der Waals surface area (Å²) in [4.78, 5) is 13.8. The Bertz CT molecular complexity index is 428. The van der Waals surface area contributed by atoms with E-state index in [-0.39, 0.29) is 5.91 Å². The van der Waals surface area contributed by atoms with Gasteiger partial charge in [-0.1, -0.05) is 17.7 Å². The number of aryl methyl sites for hydroxylation is 1. The van der Waals surface area contributed by atoms with Crippen LogP contribution in [0.3, 0.4) is 0 Å². The van der Waals surface area contributed by atoms with Crippen molar-refractivity contribution in [3.05, 3.63) is 28.8 Å². The van der Waals surface area contributed by atoms with E-state index in [1.807, 2.05) is 30.0 Å². The van der Waals surface area contributed by atoms with Gasteiger partial charge in [0.1, 0.15) is 0 Å². The molecule has 3 nitrogen and oxygen atoms in total. The van der Waals surface area contributed by atoms with Gasteiger partial charge in [-0.2, -0.15) is 0 Å². The van der Waals surface area contributed by atoms with Gasteiger partial charge in [0.25, 0.3) is 0 Å². The summed E-state index contributed by atoms with van der Waals surface area (Å²) in [5.74, 6) is 0.248. The average Bonchev–Trinajstić information content (AvgIpc) is 2.87. The summed E-state index contributed by atoms with van der Waals surface area (Å²) >= 11 is 6.04. The smallest absolute Gasteiger partial charge is 0.224 e. The van der Waals surface area contributed by atoms with Gasteiger partial charge in [0.05, 0.1) is 0 Å². The van der Waals surface area contributed by atoms with Crippen molar-refractivity contribution in [3.63, 3.8) is 0 Å². The van der Waals surface area contributed by atoms with E-state index in [0.717, 1.165) is 42.2 Å². The van der Waals surface area contributed by atoms with Crippen LogP contribution in [0.4, 0.5) is 5.69 Å². The summed E-state index contributed by atoms with van der Waals surface area (Å²) in [6.07, 6.45) is 2.84. The van der Waals surface area contributed by atoms with E-state index in [1.54, 1.807) is 0 Å². The van der Waals surface area contributed by atoms with Gasteiger partial charge in [0.2, 0.25) is 5.91 Å². The molecule has 1 heterocycles. The van der Waals surface area contributed by atoms with Crippen LogP contribution in [0, 0.1) is 6.92 Å². The second-order valence-corrected chi connectivity index (χ2v) is 5.14. The van der Waals surface area contributed by atoms with Crippen LogP contribution in [0.15, 0.2) is 18.2 Å². The summed E-state index contributed by atoms with van der Waals surface area (Å²) < 4.78 is 0. The molecule has 1 N–H and O–H groups in total. The molecular formula is C14H19ClN2O. The van der Waals surface area contributed by atoms with E-state index in [0.29, 0.717) is 13.0 Å². The van der Waals surface area contributed by atoms with E-state index in [9.17, 15) is 4.79 Å². The van der Waals surface area contributed by atoms with Crippen molar-refractivity contribution in [1.29, 1.82) is 0 Å². The summed E-state index contributed by atoms with van der Waals surface area (Å²) in [7, 11) is 0. The molecule has 1 aromatic carbocycles. The average molecular weight is 267 g/mol. The van der Waals surface area contributed by atoms with Crippen LogP contribution in [0.5, 0.6) is 0 Å². The molecule has 0 unspecified atom stereocenters. The van der Waals surface area contributed by atoms with Crippen LogP contribution >= 0.6 is 11.6 Å². The van der Waals surface area contributed by atoms with Gasteiger partial charge in [-0.15, -0.1) is 0 Å². The van der Waals surface area contributed by atoms with Crippen LogP contribution in [-0.2, 0) is 4.79 Å². The first-order valence-corrected chi connectivity index (χ1v) is 6.82.